The Morgan fingerprint density at radius 3 is 2.65 bits per heavy atom. The molecule has 10 heteroatoms. The van der Waals surface area contributed by atoms with Gasteiger partial charge in [0, 0.05) is 39.3 Å². The fourth-order valence-electron chi connectivity index (χ4n) is 3.53. The Hall–Kier alpha value is -2.39. The van der Waals surface area contributed by atoms with Gasteiger partial charge in [0.15, 0.2) is 5.82 Å². The summed E-state index contributed by atoms with van der Waals surface area (Å²) < 4.78 is 5.33. The largest absolute Gasteiger partial charge is 0.460 e. The first kappa shape index (κ1) is 24.9. The Kier molecular flexibility index (Phi) is 8.64. The van der Waals surface area contributed by atoms with Crippen LogP contribution in [0.1, 0.15) is 46.1 Å². The second-order valence-corrected chi connectivity index (χ2v) is 9.00. The van der Waals surface area contributed by atoms with Crippen LogP contribution in [0.2, 0.25) is 5.15 Å². The third kappa shape index (κ3) is 7.66. The highest BCUT2D eigenvalue weighted by molar-refractivity contribution is 6.29. The van der Waals surface area contributed by atoms with Crippen LogP contribution >= 0.6 is 11.6 Å². The summed E-state index contributed by atoms with van der Waals surface area (Å²) in [4.78, 5) is 33.4. The van der Waals surface area contributed by atoms with Crippen LogP contribution in [0.5, 0.6) is 0 Å². The minimum Gasteiger partial charge on any atom is -0.460 e. The Bertz CT molecular complexity index is 807. The van der Waals surface area contributed by atoms with Crippen LogP contribution in [0.4, 0.5) is 0 Å². The number of carbonyl (C=O) groups excluding carboxylic acids is 1. The van der Waals surface area contributed by atoms with E-state index in [-0.39, 0.29) is 29.6 Å². The molecule has 1 aliphatic rings. The van der Waals surface area contributed by atoms with Crippen molar-refractivity contribution in [3.05, 3.63) is 50.7 Å². The van der Waals surface area contributed by atoms with E-state index in [0.29, 0.717) is 43.7 Å². The second kappa shape index (κ2) is 10.8. The predicted octanol–water partition coefficient (Wildman–Crippen LogP) is 3.33. The van der Waals surface area contributed by atoms with Crippen molar-refractivity contribution >= 4 is 17.6 Å². The van der Waals surface area contributed by atoms with Crippen molar-refractivity contribution < 1.29 is 14.5 Å². The van der Waals surface area contributed by atoms with Gasteiger partial charge in [0.05, 0.1) is 18.1 Å². The second-order valence-electron chi connectivity index (χ2n) is 8.61. The zero-order chi connectivity index (χ0) is 23.2. The molecule has 0 aromatic carbocycles. The molecule has 0 fully saturated rings. The quantitative estimate of drug-likeness (QED) is 0.243. The zero-order valence-corrected chi connectivity index (χ0v) is 19.7. The number of carbonyl (C=O) groups is 1. The Labute approximate surface area is 188 Å². The van der Waals surface area contributed by atoms with E-state index >= 15 is 0 Å². The molecule has 0 saturated carbocycles. The van der Waals surface area contributed by atoms with Crippen molar-refractivity contribution in [3.63, 3.8) is 0 Å². The molecule has 1 aromatic heterocycles. The van der Waals surface area contributed by atoms with Gasteiger partial charge < -0.3 is 14.5 Å². The molecule has 9 nitrogen and oxygen atoms in total. The number of hydrogen-bond acceptors (Lipinski definition) is 8. The Balaban J connectivity index is 2.07. The summed E-state index contributed by atoms with van der Waals surface area (Å²) in [6.07, 6.45) is 2.55. The SMILES string of the molecule is CCN(Cc1ccc(Cl)nc1)C1=C([N+](=O)[O-])CN(CCCC(=O)OC(C)(C)C)CN1C. The van der Waals surface area contributed by atoms with Gasteiger partial charge in [-0.05, 0) is 45.7 Å². The standard InChI is InChI=1S/C21H32ClN5O4/c1-6-26(13-16-9-10-18(22)23-12-16)20-17(27(29)30)14-25(15-24(20)5)11-7-8-19(28)31-21(2,3)4/h9-10,12H,6-8,11,13-15H2,1-5H3. The van der Waals surface area contributed by atoms with E-state index < -0.39 is 5.60 Å². The van der Waals surface area contributed by atoms with Gasteiger partial charge in [-0.3, -0.25) is 19.8 Å². The lowest BCUT2D eigenvalue weighted by atomic mass is 10.2. The van der Waals surface area contributed by atoms with Gasteiger partial charge in [-0.1, -0.05) is 17.7 Å². The number of nitrogens with zero attached hydrogens (tertiary/aromatic N) is 5. The molecule has 2 heterocycles. The molecule has 1 aromatic rings. The summed E-state index contributed by atoms with van der Waals surface area (Å²) in [6, 6.07) is 3.58. The van der Waals surface area contributed by atoms with E-state index in [4.69, 9.17) is 16.3 Å². The normalized spacial score (nSPS) is 15.2. The fourth-order valence-corrected chi connectivity index (χ4v) is 3.64. The van der Waals surface area contributed by atoms with Crippen LogP contribution in [0.25, 0.3) is 0 Å². The average Bonchev–Trinajstić information content (AvgIpc) is 2.66. The number of hydrogen-bond donors (Lipinski definition) is 0. The van der Waals surface area contributed by atoms with E-state index in [1.807, 2.05) is 55.5 Å². The highest BCUT2D eigenvalue weighted by Gasteiger charge is 2.33. The number of nitro groups is 1. The lowest BCUT2D eigenvalue weighted by molar-refractivity contribution is -0.433. The van der Waals surface area contributed by atoms with Gasteiger partial charge in [-0.15, -0.1) is 0 Å². The number of esters is 1. The van der Waals surface area contributed by atoms with Crippen LogP contribution in [0.3, 0.4) is 0 Å². The summed E-state index contributed by atoms with van der Waals surface area (Å²) in [5.41, 5.74) is 0.562. The van der Waals surface area contributed by atoms with Crippen LogP contribution in [0, 0.1) is 10.1 Å². The van der Waals surface area contributed by atoms with E-state index in [1.54, 1.807) is 12.3 Å². The molecule has 0 amide bonds. The number of aromatic nitrogens is 1. The van der Waals surface area contributed by atoms with Gasteiger partial charge in [0.25, 0.3) is 5.70 Å². The maximum absolute atomic E-state index is 11.9. The summed E-state index contributed by atoms with van der Waals surface area (Å²) in [7, 11) is 1.85. The third-order valence-corrected chi connectivity index (χ3v) is 4.97. The number of halogens is 1. The number of ether oxygens (including phenoxy) is 1. The third-order valence-electron chi connectivity index (χ3n) is 4.74. The lowest BCUT2D eigenvalue weighted by Crippen LogP contribution is -2.48. The van der Waals surface area contributed by atoms with Crippen LogP contribution in [-0.2, 0) is 16.1 Å². The maximum Gasteiger partial charge on any atom is 0.306 e. The molecular weight excluding hydrogens is 422 g/mol. The molecule has 0 spiro atoms. The summed E-state index contributed by atoms with van der Waals surface area (Å²) in [6.45, 7) is 9.90. The molecule has 0 N–H and O–H groups in total. The molecule has 172 valence electrons. The summed E-state index contributed by atoms with van der Waals surface area (Å²) in [5, 5.41) is 12.3. The maximum atomic E-state index is 11.9. The van der Waals surface area contributed by atoms with Crippen molar-refractivity contribution in [3.8, 4) is 0 Å². The molecule has 1 aliphatic heterocycles. The van der Waals surface area contributed by atoms with Crippen molar-refractivity contribution in [1.29, 1.82) is 0 Å². The predicted molar refractivity (Wildman–Crippen MR) is 119 cm³/mol. The first-order valence-electron chi connectivity index (χ1n) is 10.4. The Morgan fingerprint density at radius 2 is 2.10 bits per heavy atom. The summed E-state index contributed by atoms with van der Waals surface area (Å²) in [5.74, 6) is 0.350. The first-order valence-corrected chi connectivity index (χ1v) is 10.8. The van der Waals surface area contributed by atoms with E-state index in [2.05, 4.69) is 4.98 Å². The van der Waals surface area contributed by atoms with E-state index in [0.717, 1.165) is 5.56 Å². The minimum atomic E-state index is -0.512. The van der Waals surface area contributed by atoms with Gasteiger partial charge in [-0.2, -0.15) is 0 Å². The minimum absolute atomic E-state index is 0.148. The fraction of sp³-hybridized carbons (Fsp3) is 0.619. The highest BCUT2D eigenvalue weighted by atomic mass is 35.5. The Morgan fingerprint density at radius 1 is 1.39 bits per heavy atom. The van der Waals surface area contributed by atoms with Crippen molar-refractivity contribution in [2.24, 2.45) is 0 Å². The van der Waals surface area contributed by atoms with Crippen LogP contribution in [0.15, 0.2) is 29.8 Å². The van der Waals surface area contributed by atoms with Crippen LogP contribution < -0.4 is 0 Å². The molecule has 0 unspecified atom stereocenters. The molecule has 31 heavy (non-hydrogen) atoms. The van der Waals surface area contributed by atoms with Crippen molar-refractivity contribution in [1.82, 2.24) is 19.7 Å². The van der Waals surface area contributed by atoms with Gasteiger partial charge in [0.2, 0.25) is 0 Å². The highest BCUT2D eigenvalue weighted by Crippen LogP contribution is 2.24. The topological polar surface area (TPSA) is 92.0 Å². The number of pyridine rings is 1. The van der Waals surface area contributed by atoms with E-state index in [1.165, 1.54) is 0 Å². The first-order chi connectivity index (χ1) is 14.5. The van der Waals surface area contributed by atoms with Crippen molar-refractivity contribution in [2.45, 2.75) is 52.7 Å². The smallest absolute Gasteiger partial charge is 0.306 e. The van der Waals surface area contributed by atoms with Crippen LogP contribution in [-0.4, -0.2) is 69.5 Å². The number of rotatable bonds is 9. The van der Waals surface area contributed by atoms with Gasteiger partial charge in [-0.25, -0.2) is 4.98 Å². The zero-order valence-electron chi connectivity index (χ0n) is 18.9. The average molecular weight is 454 g/mol. The molecule has 2 rings (SSSR count). The van der Waals surface area contributed by atoms with E-state index in [9.17, 15) is 14.9 Å². The molecule has 0 aliphatic carbocycles. The molecular formula is C21H32ClN5O4. The van der Waals surface area contributed by atoms with Crippen molar-refractivity contribution in [2.75, 3.05) is 33.4 Å². The molecule has 0 bridgehead atoms. The van der Waals surface area contributed by atoms with Gasteiger partial charge >= 0.3 is 5.97 Å². The van der Waals surface area contributed by atoms with Gasteiger partial charge in [0.1, 0.15) is 10.8 Å². The molecule has 0 atom stereocenters. The molecule has 0 saturated heterocycles. The monoisotopic (exact) mass is 453 g/mol. The molecule has 0 radical (unpaired) electrons. The summed E-state index contributed by atoms with van der Waals surface area (Å²) >= 11 is 5.86. The lowest BCUT2D eigenvalue weighted by Gasteiger charge is -2.39.